The molecule has 0 aromatic heterocycles. The van der Waals surface area contributed by atoms with E-state index in [2.05, 4.69) is 5.32 Å². The Labute approximate surface area is 149 Å². The largest absolute Gasteiger partial charge is 0.496 e. The molecule has 25 heavy (non-hydrogen) atoms. The van der Waals surface area contributed by atoms with Gasteiger partial charge in [0.25, 0.3) is 0 Å². The van der Waals surface area contributed by atoms with Gasteiger partial charge in [-0.15, -0.1) is 0 Å². The molecular weight excluding hydrogens is 320 g/mol. The summed E-state index contributed by atoms with van der Waals surface area (Å²) in [6, 6.07) is 7.16. The topological polar surface area (TPSA) is 78.9 Å². The quantitative estimate of drug-likeness (QED) is 0.787. The molecule has 1 aliphatic rings. The van der Waals surface area contributed by atoms with Gasteiger partial charge >= 0.3 is 0 Å². The molecule has 1 heterocycles. The SMILES string of the molecule is CCN1C(=O)C[C@@H](C(=O)NCC(C)(C)CO)[C@@H]1c1ccccc1OC. The summed E-state index contributed by atoms with van der Waals surface area (Å²) >= 11 is 0. The van der Waals surface area contributed by atoms with Crippen molar-refractivity contribution in [3.8, 4) is 5.75 Å². The lowest BCUT2D eigenvalue weighted by Crippen LogP contribution is -2.41. The number of hydrogen-bond acceptors (Lipinski definition) is 4. The van der Waals surface area contributed by atoms with Crippen LogP contribution in [0.4, 0.5) is 0 Å². The zero-order valence-corrected chi connectivity index (χ0v) is 15.4. The summed E-state index contributed by atoms with van der Waals surface area (Å²) in [6.45, 7) is 6.54. The summed E-state index contributed by atoms with van der Waals surface area (Å²) in [5.74, 6) is 0.00841. The minimum Gasteiger partial charge on any atom is -0.496 e. The number of ether oxygens (including phenoxy) is 1. The second kappa shape index (κ2) is 7.87. The van der Waals surface area contributed by atoms with Gasteiger partial charge in [0, 0.05) is 37.1 Å². The Kier molecular flexibility index (Phi) is 6.06. The van der Waals surface area contributed by atoms with Crippen LogP contribution in [-0.2, 0) is 9.59 Å². The number of aliphatic hydroxyl groups is 1. The van der Waals surface area contributed by atoms with E-state index in [-0.39, 0.29) is 30.9 Å². The average Bonchev–Trinajstić information content (AvgIpc) is 2.95. The second-order valence-electron chi connectivity index (χ2n) is 7.22. The first-order valence-corrected chi connectivity index (χ1v) is 8.65. The van der Waals surface area contributed by atoms with Crippen molar-refractivity contribution < 1.29 is 19.4 Å². The zero-order valence-electron chi connectivity index (χ0n) is 15.4. The van der Waals surface area contributed by atoms with Gasteiger partial charge in [-0.25, -0.2) is 0 Å². The summed E-state index contributed by atoms with van der Waals surface area (Å²) in [4.78, 5) is 26.9. The molecule has 1 saturated heterocycles. The molecular formula is C19H28N2O4. The predicted molar refractivity (Wildman–Crippen MR) is 95.1 cm³/mol. The number of likely N-dealkylation sites (tertiary alicyclic amines) is 1. The Balaban J connectivity index is 2.29. The van der Waals surface area contributed by atoms with Gasteiger partial charge in [-0.3, -0.25) is 9.59 Å². The van der Waals surface area contributed by atoms with Crippen LogP contribution >= 0.6 is 0 Å². The van der Waals surface area contributed by atoms with Crippen LogP contribution in [-0.4, -0.2) is 48.6 Å². The average molecular weight is 348 g/mol. The van der Waals surface area contributed by atoms with E-state index in [0.29, 0.717) is 18.8 Å². The highest BCUT2D eigenvalue weighted by Crippen LogP contribution is 2.41. The van der Waals surface area contributed by atoms with Gasteiger partial charge in [0.05, 0.1) is 19.1 Å². The van der Waals surface area contributed by atoms with Gasteiger partial charge in [-0.1, -0.05) is 32.0 Å². The molecule has 0 aliphatic carbocycles. The minimum atomic E-state index is -0.474. The van der Waals surface area contributed by atoms with E-state index in [9.17, 15) is 14.7 Å². The summed E-state index contributed by atoms with van der Waals surface area (Å²) in [7, 11) is 1.59. The monoisotopic (exact) mass is 348 g/mol. The maximum atomic E-state index is 12.8. The fourth-order valence-electron chi connectivity index (χ4n) is 3.21. The van der Waals surface area contributed by atoms with Crippen molar-refractivity contribution in [3.63, 3.8) is 0 Å². The molecule has 2 N–H and O–H groups in total. The number of rotatable bonds is 7. The van der Waals surface area contributed by atoms with Crippen LogP contribution in [0.25, 0.3) is 0 Å². The second-order valence-corrected chi connectivity index (χ2v) is 7.22. The molecule has 1 fully saturated rings. The fraction of sp³-hybridized carbons (Fsp3) is 0.579. The molecule has 0 spiro atoms. The first kappa shape index (κ1) is 19.2. The van der Waals surface area contributed by atoms with Gasteiger partial charge in [0.1, 0.15) is 5.75 Å². The number of carbonyl (C=O) groups is 2. The van der Waals surface area contributed by atoms with Crippen LogP contribution in [0.15, 0.2) is 24.3 Å². The number of benzene rings is 1. The standard InChI is InChI=1S/C19H28N2O4/c1-5-21-16(23)10-14(18(24)20-11-19(2,3)12-22)17(21)13-8-6-7-9-15(13)25-4/h6-9,14,17,22H,5,10-12H2,1-4H3,(H,20,24)/t14-,17+/m1/s1. The van der Waals surface area contributed by atoms with Gasteiger partial charge in [-0.05, 0) is 13.0 Å². The van der Waals surface area contributed by atoms with Crippen LogP contribution in [0, 0.1) is 11.3 Å². The highest BCUT2D eigenvalue weighted by atomic mass is 16.5. The first-order valence-electron chi connectivity index (χ1n) is 8.65. The number of hydrogen-bond donors (Lipinski definition) is 2. The Morgan fingerprint density at radius 3 is 2.68 bits per heavy atom. The maximum Gasteiger partial charge on any atom is 0.226 e. The highest BCUT2D eigenvalue weighted by Gasteiger charge is 2.44. The van der Waals surface area contributed by atoms with Crippen molar-refractivity contribution in [3.05, 3.63) is 29.8 Å². The summed E-state index contributed by atoms with van der Waals surface area (Å²) in [5, 5.41) is 12.3. The number of carbonyl (C=O) groups excluding carboxylic acids is 2. The summed E-state index contributed by atoms with van der Waals surface area (Å²) in [6.07, 6.45) is 0.182. The van der Waals surface area contributed by atoms with Gasteiger partial charge in [-0.2, -0.15) is 0 Å². The first-order chi connectivity index (χ1) is 11.8. The lowest BCUT2D eigenvalue weighted by atomic mass is 9.90. The molecule has 2 rings (SSSR count). The van der Waals surface area contributed by atoms with Gasteiger partial charge < -0.3 is 20.1 Å². The summed E-state index contributed by atoms with van der Waals surface area (Å²) in [5.41, 5.74) is 0.446. The lowest BCUT2D eigenvalue weighted by molar-refractivity contribution is -0.129. The van der Waals surface area contributed by atoms with E-state index < -0.39 is 11.3 Å². The van der Waals surface area contributed by atoms with Crippen LogP contribution in [0.3, 0.4) is 0 Å². The molecule has 2 amide bonds. The molecule has 0 radical (unpaired) electrons. The normalized spacial score (nSPS) is 20.7. The number of amides is 2. The molecule has 0 bridgehead atoms. The third-order valence-corrected chi connectivity index (χ3v) is 4.74. The number of nitrogens with zero attached hydrogens (tertiary/aromatic N) is 1. The van der Waals surface area contributed by atoms with E-state index in [0.717, 1.165) is 5.56 Å². The van der Waals surface area contributed by atoms with Crippen LogP contribution < -0.4 is 10.1 Å². The minimum absolute atomic E-state index is 0.0199. The molecule has 6 nitrogen and oxygen atoms in total. The van der Waals surface area contributed by atoms with E-state index >= 15 is 0 Å². The van der Waals surface area contributed by atoms with Gasteiger partial charge in [0.15, 0.2) is 0 Å². The Morgan fingerprint density at radius 2 is 2.08 bits per heavy atom. The Hall–Kier alpha value is -2.08. The van der Waals surface area contributed by atoms with E-state index in [1.807, 2.05) is 45.0 Å². The molecule has 6 heteroatoms. The molecule has 1 aromatic carbocycles. The molecule has 1 aromatic rings. The number of aliphatic hydroxyl groups excluding tert-OH is 1. The maximum absolute atomic E-state index is 12.8. The fourth-order valence-corrected chi connectivity index (χ4v) is 3.21. The molecule has 0 saturated carbocycles. The summed E-state index contributed by atoms with van der Waals surface area (Å²) < 4.78 is 5.44. The van der Waals surface area contributed by atoms with E-state index in [1.165, 1.54) is 0 Å². The number of para-hydroxylation sites is 1. The van der Waals surface area contributed by atoms with Crippen LogP contribution in [0.2, 0.25) is 0 Å². The van der Waals surface area contributed by atoms with E-state index in [1.54, 1.807) is 12.0 Å². The van der Waals surface area contributed by atoms with Crippen molar-refractivity contribution in [1.29, 1.82) is 0 Å². The zero-order chi connectivity index (χ0) is 18.6. The van der Waals surface area contributed by atoms with Crippen molar-refractivity contribution in [2.45, 2.75) is 33.2 Å². The number of nitrogens with one attached hydrogen (secondary N) is 1. The molecule has 138 valence electrons. The van der Waals surface area contributed by atoms with Gasteiger partial charge in [0.2, 0.25) is 11.8 Å². The third-order valence-electron chi connectivity index (χ3n) is 4.74. The van der Waals surface area contributed by atoms with E-state index in [4.69, 9.17) is 4.74 Å². The molecule has 0 unspecified atom stereocenters. The predicted octanol–water partition coefficient (Wildman–Crippen LogP) is 1.74. The van der Waals surface area contributed by atoms with Crippen LogP contribution in [0.1, 0.15) is 38.8 Å². The molecule has 1 aliphatic heterocycles. The lowest BCUT2D eigenvalue weighted by Gasteiger charge is -2.29. The van der Waals surface area contributed by atoms with Crippen molar-refractivity contribution in [2.24, 2.45) is 11.3 Å². The molecule has 2 atom stereocenters. The smallest absolute Gasteiger partial charge is 0.226 e. The van der Waals surface area contributed by atoms with Crippen LogP contribution in [0.5, 0.6) is 5.75 Å². The van der Waals surface area contributed by atoms with Crippen molar-refractivity contribution >= 4 is 11.8 Å². The van der Waals surface area contributed by atoms with Crippen molar-refractivity contribution in [2.75, 3.05) is 26.8 Å². The Bertz CT molecular complexity index is 630. The Morgan fingerprint density at radius 1 is 1.40 bits per heavy atom. The third kappa shape index (κ3) is 4.12. The highest BCUT2D eigenvalue weighted by molar-refractivity contribution is 5.90. The van der Waals surface area contributed by atoms with Crippen molar-refractivity contribution in [1.82, 2.24) is 10.2 Å². The number of methoxy groups -OCH3 is 1.